The number of nitrogens with zero attached hydrogens (tertiary/aromatic N) is 3. The van der Waals surface area contributed by atoms with Crippen molar-refractivity contribution >= 4 is 23.5 Å². The van der Waals surface area contributed by atoms with Crippen LogP contribution < -0.4 is 0 Å². The summed E-state index contributed by atoms with van der Waals surface area (Å²) in [7, 11) is 0. The summed E-state index contributed by atoms with van der Waals surface area (Å²) in [5, 5.41) is 16.3. The molecule has 1 heterocycles. The maximum atomic E-state index is 13.3. The van der Waals surface area contributed by atoms with Crippen LogP contribution in [0, 0.1) is 5.41 Å². The van der Waals surface area contributed by atoms with E-state index in [0.29, 0.717) is 11.4 Å². The van der Waals surface area contributed by atoms with Gasteiger partial charge in [-0.2, -0.15) is 10.1 Å². The van der Waals surface area contributed by atoms with Crippen molar-refractivity contribution < 1.29 is 9.90 Å². The molecule has 0 unspecified atom stereocenters. The van der Waals surface area contributed by atoms with Gasteiger partial charge in [-0.1, -0.05) is 74.0 Å². The Morgan fingerprint density at radius 3 is 2.50 bits per heavy atom. The van der Waals surface area contributed by atoms with Crippen LogP contribution in [0.15, 0.2) is 82.0 Å². The molecule has 0 saturated carbocycles. The number of hydrazone groups is 1. The molecule has 2 aromatic carbocycles. The van der Waals surface area contributed by atoms with Crippen LogP contribution >= 0.6 is 0 Å². The number of rotatable bonds is 3. The Hall–Kier alpha value is -3.47. The van der Waals surface area contributed by atoms with E-state index in [1.54, 1.807) is 24.3 Å². The normalized spacial score (nSPS) is 21.2. The Labute approximate surface area is 176 Å². The Bertz CT molecular complexity index is 1110. The fraction of sp³-hybridized carbons (Fsp3) is 0.240. The van der Waals surface area contributed by atoms with Gasteiger partial charge in [0.25, 0.3) is 5.91 Å². The molecular weight excluding hydrogens is 374 g/mol. The maximum absolute atomic E-state index is 13.3. The van der Waals surface area contributed by atoms with Gasteiger partial charge in [0, 0.05) is 23.3 Å². The number of carbonyl (C=O) groups is 1. The number of hydrogen-bond acceptors (Lipinski definition) is 4. The summed E-state index contributed by atoms with van der Waals surface area (Å²) in [6, 6.07) is 16.5. The zero-order valence-electron chi connectivity index (χ0n) is 17.5. The molecule has 152 valence electrons. The molecule has 2 aliphatic rings. The number of aliphatic imine (C=N–C) groups is 1. The van der Waals surface area contributed by atoms with Crippen molar-refractivity contribution in [1.82, 2.24) is 5.01 Å². The van der Waals surface area contributed by atoms with Gasteiger partial charge in [0.05, 0.1) is 0 Å². The first-order chi connectivity index (χ1) is 14.3. The van der Waals surface area contributed by atoms with Crippen LogP contribution in [0.2, 0.25) is 0 Å². The number of benzene rings is 2. The number of amides is 1. The van der Waals surface area contributed by atoms with Crippen LogP contribution in [0.3, 0.4) is 0 Å². The number of phenols is 1. The van der Waals surface area contributed by atoms with Crippen molar-refractivity contribution in [2.45, 2.75) is 33.6 Å². The first-order valence-corrected chi connectivity index (χ1v) is 10.1. The summed E-state index contributed by atoms with van der Waals surface area (Å²) in [5.41, 5.74) is 3.83. The molecule has 2 aromatic rings. The summed E-state index contributed by atoms with van der Waals surface area (Å²) in [5.74, 6) is 0.309. The monoisotopic (exact) mass is 399 g/mol. The Kier molecular flexibility index (Phi) is 5.12. The molecule has 1 amide bonds. The lowest BCUT2D eigenvalue weighted by atomic mass is 9.79. The molecule has 0 bridgehead atoms. The van der Waals surface area contributed by atoms with Crippen molar-refractivity contribution in [3.8, 4) is 5.75 Å². The minimum absolute atomic E-state index is 0.00247. The van der Waals surface area contributed by atoms with E-state index in [2.05, 4.69) is 31.8 Å². The second kappa shape index (κ2) is 7.75. The highest BCUT2D eigenvalue weighted by atomic mass is 16.3. The molecular formula is C25H25N3O2. The fourth-order valence-corrected chi connectivity index (χ4v) is 4.02. The minimum atomic E-state index is -0.297. The molecule has 4 rings (SSSR count). The molecule has 1 aliphatic heterocycles. The van der Waals surface area contributed by atoms with Gasteiger partial charge in [-0.05, 0) is 30.9 Å². The average Bonchev–Trinajstić information content (AvgIpc) is 2.98. The number of phenolic OH excluding ortho intramolecular Hbond substituents is 1. The predicted molar refractivity (Wildman–Crippen MR) is 120 cm³/mol. The molecule has 1 N–H and O–H groups in total. The van der Waals surface area contributed by atoms with Gasteiger partial charge in [0.15, 0.2) is 5.84 Å². The van der Waals surface area contributed by atoms with Gasteiger partial charge < -0.3 is 5.11 Å². The van der Waals surface area contributed by atoms with E-state index in [0.717, 1.165) is 24.1 Å². The van der Waals surface area contributed by atoms with Crippen LogP contribution in [-0.4, -0.2) is 27.6 Å². The van der Waals surface area contributed by atoms with Crippen LogP contribution in [0.5, 0.6) is 5.75 Å². The van der Waals surface area contributed by atoms with E-state index in [1.807, 2.05) is 36.4 Å². The van der Waals surface area contributed by atoms with Gasteiger partial charge in [-0.25, -0.2) is 4.99 Å². The molecule has 0 fully saturated rings. The van der Waals surface area contributed by atoms with Gasteiger partial charge >= 0.3 is 0 Å². The molecule has 0 spiro atoms. The molecule has 5 heteroatoms. The standard InChI is InChI=1S/C25H25N3O2/c1-17-13-20(16-25(2,3)15-17)27-28-23(18-9-5-4-6-10-18)26-21(24(28)30)14-19-11-7-8-12-22(19)29/h4-12,14-15,29H,13,16H2,1-3H3/b21-14+,27-20-. The SMILES string of the molecule is CC1=CC(C)(C)C/C(=N\N2C(=O)/C(=C\c3ccccc3O)N=C2c2ccccc2)C1. The largest absolute Gasteiger partial charge is 0.507 e. The summed E-state index contributed by atoms with van der Waals surface area (Å²) < 4.78 is 0. The number of carbonyl (C=O) groups excluding carboxylic acids is 1. The number of para-hydroxylation sites is 1. The molecule has 0 atom stereocenters. The zero-order valence-corrected chi connectivity index (χ0v) is 17.5. The topological polar surface area (TPSA) is 65.3 Å². The molecule has 0 aromatic heterocycles. The third kappa shape index (κ3) is 4.10. The van der Waals surface area contributed by atoms with Gasteiger partial charge in [-0.3, -0.25) is 4.79 Å². The molecule has 30 heavy (non-hydrogen) atoms. The Morgan fingerprint density at radius 1 is 1.10 bits per heavy atom. The van der Waals surface area contributed by atoms with E-state index in [1.165, 1.54) is 10.6 Å². The number of amidine groups is 1. The first kappa shape index (κ1) is 19.8. The van der Waals surface area contributed by atoms with Crippen molar-refractivity contribution in [1.29, 1.82) is 0 Å². The van der Waals surface area contributed by atoms with Gasteiger partial charge in [0.1, 0.15) is 11.4 Å². The van der Waals surface area contributed by atoms with Gasteiger partial charge in [0.2, 0.25) is 0 Å². The number of allylic oxidation sites excluding steroid dienone is 2. The van der Waals surface area contributed by atoms with Crippen molar-refractivity contribution in [2.75, 3.05) is 0 Å². The molecule has 5 nitrogen and oxygen atoms in total. The quantitative estimate of drug-likeness (QED) is 0.573. The second-order valence-electron chi connectivity index (χ2n) is 8.51. The lowest BCUT2D eigenvalue weighted by Crippen LogP contribution is -2.31. The summed E-state index contributed by atoms with van der Waals surface area (Å²) in [6.07, 6.45) is 5.41. The Balaban J connectivity index is 1.77. The highest BCUT2D eigenvalue weighted by Gasteiger charge is 2.33. The molecule has 0 saturated heterocycles. The van der Waals surface area contributed by atoms with Crippen molar-refractivity contribution in [3.63, 3.8) is 0 Å². The summed E-state index contributed by atoms with van der Waals surface area (Å²) in [4.78, 5) is 17.9. The lowest BCUT2D eigenvalue weighted by molar-refractivity contribution is -0.122. The van der Waals surface area contributed by atoms with Crippen molar-refractivity contribution in [2.24, 2.45) is 15.5 Å². The fourth-order valence-electron chi connectivity index (χ4n) is 4.02. The number of aromatic hydroxyl groups is 1. The van der Waals surface area contributed by atoms with E-state index in [9.17, 15) is 9.90 Å². The molecule has 1 aliphatic carbocycles. The predicted octanol–water partition coefficient (Wildman–Crippen LogP) is 5.14. The molecule has 0 radical (unpaired) electrons. The lowest BCUT2D eigenvalue weighted by Gasteiger charge is -2.28. The second-order valence-corrected chi connectivity index (χ2v) is 8.51. The highest BCUT2D eigenvalue weighted by Crippen LogP contribution is 2.33. The van der Waals surface area contributed by atoms with Crippen LogP contribution in [0.25, 0.3) is 6.08 Å². The van der Waals surface area contributed by atoms with E-state index >= 15 is 0 Å². The van der Waals surface area contributed by atoms with Gasteiger partial charge in [-0.15, -0.1) is 0 Å². The van der Waals surface area contributed by atoms with E-state index in [-0.39, 0.29) is 22.8 Å². The third-order valence-corrected chi connectivity index (χ3v) is 5.12. The summed E-state index contributed by atoms with van der Waals surface area (Å²) >= 11 is 0. The number of hydrogen-bond donors (Lipinski definition) is 1. The summed E-state index contributed by atoms with van der Waals surface area (Å²) in [6.45, 7) is 6.44. The Morgan fingerprint density at radius 2 is 1.80 bits per heavy atom. The van der Waals surface area contributed by atoms with E-state index < -0.39 is 0 Å². The maximum Gasteiger partial charge on any atom is 0.298 e. The van der Waals surface area contributed by atoms with Crippen LogP contribution in [0.4, 0.5) is 0 Å². The van der Waals surface area contributed by atoms with Crippen LogP contribution in [-0.2, 0) is 4.79 Å². The zero-order chi connectivity index (χ0) is 21.3. The third-order valence-electron chi connectivity index (χ3n) is 5.12. The smallest absolute Gasteiger partial charge is 0.298 e. The van der Waals surface area contributed by atoms with Crippen LogP contribution in [0.1, 0.15) is 44.7 Å². The minimum Gasteiger partial charge on any atom is -0.507 e. The average molecular weight is 399 g/mol. The van der Waals surface area contributed by atoms with Crippen molar-refractivity contribution in [3.05, 3.63) is 83.1 Å². The first-order valence-electron chi connectivity index (χ1n) is 10.1. The highest BCUT2D eigenvalue weighted by molar-refractivity contribution is 6.20. The van der Waals surface area contributed by atoms with E-state index in [4.69, 9.17) is 5.10 Å².